The Morgan fingerprint density at radius 3 is 2.28 bits per heavy atom. The molecule has 0 aliphatic heterocycles. The molecule has 0 fully saturated rings. The fourth-order valence-electron chi connectivity index (χ4n) is 2.80. The SMILES string of the molecule is Cc1cc(C)c(NC(=O)CN(C)C(=O)Cc2ccccc2Cl)c(C)c1. The van der Waals surface area contributed by atoms with Gasteiger partial charge in [-0.1, -0.05) is 47.5 Å². The van der Waals surface area contributed by atoms with E-state index in [4.69, 9.17) is 11.6 Å². The molecular formula is C20H23ClN2O2. The lowest BCUT2D eigenvalue weighted by molar-refractivity contribution is -0.132. The number of aryl methyl sites for hydroxylation is 3. The summed E-state index contributed by atoms with van der Waals surface area (Å²) < 4.78 is 0. The quantitative estimate of drug-likeness (QED) is 0.881. The Morgan fingerprint density at radius 1 is 1.08 bits per heavy atom. The molecule has 2 aromatic rings. The Balaban J connectivity index is 1.98. The van der Waals surface area contributed by atoms with E-state index in [1.54, 1.807) is 13.1 Å². The van der Waals surface area contributed by atoms with Crippen molar-refractivity contribution in [3.63, 3.8) is 0 Å². The van der Waals surface area contributed by atoms with Gasteiger partial charge < -0.3 is 10.2 Å². The molecule has 0 spiro atoms. The normalized spacial score (nSPS) is 10.4. The third-order valence-electron chi connectivity index (χ3n) is 4.05. The second kappa shape index (κ2) is 8.17. The van der Waals surface area contributed by atoms with Crippen LogP contribution in [0.15, 0.2) is 36.4 Å². The summed E-state index contributed by atoms with van der Waals surface area (Å²) in [5.41, 5.74) is 4.74. The maximum absolute atomic E-state index is 12.3. The lowest BCUT2D eigenvalue weighted by Crippen LogP contribution is -2.36. The van der Waals surface area contributed by atoms with Crippen LogP contribution in [0.2, 0.25) is 5.02 Å². The van der Waals surface area contributed by atoms with E-state index in [0.717, 1.165) is 27.9 Å². The molecule has 0 heterocycles. The van der Waals surface area contributed by atoms with Crippen LogP contribution >= 0.6 is 11.6 Å². The van der Waals surface area contributed by atoms with Gasteiger partial charge in [0.05, 0.1) is 13.0 Å². The molecule has 4 nitrogen and oxygen atoms in total. The number of anilines is 1. The van der Waals surface area contributed by atoms with Crippen LogP contribution in [0.3, 0.4) is 0 Å². The molecule has 0 aliphatic carbocycles. The third-order valence-corrected chi connectivity index (χ3v) is 4.42. The van der Waals surface area contributed by atoms with Crippen molar-refractivity contribution >= 4 is 29.1 Å². The topological polar surface area (TPSA) is 49.4 Å². The Kier molecular flexibility index (Phi) is 6.21. The maximum atomic E-state index is 12.3. The number of hydrogen-bond acceptors (Lipinski definition) is 2. The molecule has 0 unspecified atom stereocenters. The maximum Gasteiger partial charge on any atom is 0.243 e. The van der Waals surface area contributed by atoms with Crippen LogP contribution in [0.4, 0.5) is 5.69 Å². The van der Waals surface area contributed by atoms with Gasteiger partial charge in [-0.15, -0.1) is 0 Å². The molecule has 25 heavy (non-hydrogen) atoms. The van der Waals surface area contributed by atoms with E-state index < -0.39 is 0 Å². The predicted molar refractivity (Wildman–Crippen MR) is 102 cm³/mol. The second-order valence-electron chi connectivity index (χ2n) is 6.34. The van der Waals surface area contributed by atoms with Gasteiger partial charge in [0, 0.05) is 17.8 Å². The van der Waals surface area contributed by atoms with Crippen molar-refractivity contribution in [1.29, 1.82) is 0 Å². The van der Waals surface area contributed by atoms with Crippen molar-refractivity contribution in [3.8, 4) is 0 Å². The minimum Gasteiger partial charge on any atom is -0.336 e. The molecule has 0 atom stereocenters. The van der Waals surface area contributed by atoms with E-state index in [9.17, 15) is 9.59 Å². The highest BCUT2D eigenvalue weighted by atomic mass is 35.5. The van der Waals surface area contributed by atoms with Crippen molar-refractivity contribution < 1.29 is 9.59 Å². The van der Waals surface area contributed by atoms with Gasteiger partial charge in [-0.3, -0.25) is 9.59 Å². The number of hydrogen-bond donors (Lipinski definition) is 1. The fraction of sp³-hybridized carbons (Fsp3) is 0.300. The second-order valence-corrected chi connectivity index (χ2v) is 6.75. The Morgan fingerprint density at radius 2 is 1.68 bits per heavy atom. The molecule has 132 valence electrons. The van der Waals surface area contributed by atoms with Crippen LogP contribution < -0.4 is 5.32 Å². The molecule has 0 saturated heterocycles. The number of nitrogens with zero attached hydrogens (tertiary/aromatic N) is 1. The first kappa shape index (κ1) is 19.0. The highest BCUT2D eigenvalue weighted by molar-refractivity contribution is 6.31. The van der Waals surface area contributed by atoms with Crippen LogP contribution in [-0.4, -0.2) is 30.3 Å². The van der Waals surface area contributed by atoms with Crippen LogP contribution in [-0.2, 0) is 16.0 Å². The van der Waals surface area contributed by atoms with E-state index >= 15 is 0 Å². The number of amides is 2. The molecular weight excluding hydrogens is 336 g/mol. The summed E-state index contributed by atoms with van der Waals surface area (Å²) >= 11 is 6.08. The van der Waals surface area contributed by atoms with Gasteiger partial charge in [-0.2, -0.15) is 0 Å². The molecule has 1 N–H and O–H groups in total. The van der Waals surface area contributed by atoms with Gasteiger partial charge in [0.1, 0.15) is 0 Å². The number of rotatable bonds is 5. The summed E-state index contributed by atoms with van der Waals surface area (Å²) in [5.74, 6) is -0.370. The third kappa shape index (κ3) is 5.07. The number of benzene rings is 2. The van der Waals surface area contributed by atoms with Gasteiger partial charge in [0.25, 0.3) is 0 Å². The van der Waals surface area contributed by atoms with E-state index in [0.29, 0.717) is 5.02 Å². The van der Waals surface area contributed by atoms with Crippen molar-refractivity contribution in [2.75, 3.05) is 18.9 Å². The Bertz CT molecular complexity index is 779. The summed E-state index contributed by atoms with van der Waals surface area (Å²) in [6.07, 6.45) is 0.173. The van der Waals surface area contributed by atoms with Gasteiger partial charge in [-0.05, 0) is 43.5 Å². The number of carbonyl (C=O) groups is 2. The van der Waals surface area contributed by atoms with Crippen LogP contribution in [0, 0.1) is 20.8 Å². The predicted octanol–water partition coefficient (Wildman–Crippen LogP) is 3.90. The van der Waals surface area contributed by atoms with Crippen LogP contribution in [0.1, 0.15) is 22.3 Å². The first-order valence-corrected chi connectivity index (χ1v) is 8.50. The zero-order valence-corrected chi connectivity index (χ0v) is 15.8. The minimum atomic E-state index is -0.218. The number of likely N-dealkylation sites (N-methyl/N-ethyl adjacent to an activating group) is 1. The Labute approximate surface area is 153 Å². The van der Waals surface area contributed by atoms with Crippen molar-refractivity contribution in [2.24, 2.45) is 0 Å². The molecule has 2 rings (SSSR count). The van der Waals surface area contributed by atoms with Crippen LogP contribution in [0.5, 0.6) is 0 Å². The fourth-order valence-corrected chi connectivity index (χ4v) is 3.00. The van der Waals surface area contributed by atoms with Gasteiger partial charge in [0.15, 0.2) is 0 Å². The molecule has 0 aliphatic rings. The summed E-state index contributed by atoms with van der Waals surface area (Å²) in [5, 5.41) is 3.46. The van der Waals surface area contributed by atoms with E-state index in [1.165, 1.54) is 4.90 Å². The van der Waals surface area contributed by atoms with E-state index in [2.05, 4.69) is 5.32 Å². The van der Waals surface area contributed by atoms with Gasteiger partial charge >= 0.3 is 0 Å². The summed E-state index contributed by atoms with van der Waals surface area (Å²) in [7, 11) is 1.62. The molecule has 0 aromatic heterocycles. The molecule has 0 saturated carbocycles. The lowest BCUT2D eigenvalue weighted by atomic mass is 10.1. The van der Waals surface area contributed by atoms with Gasteiger partial charge in [-0.25, -0.2) is 0 Å². The molecule has 2 amide bonds. The zero-order chi connectivity index (χ0) is 18.6. The molecule has 0 radical (unpaired) electrons. The summed E-state index contributed by atoms with van der Waals surface area (Å²) in [6.45, 7) is 5.94. The largest absolute Gasteiger partial charge is 0.336 e. The first-order chi connectivity index (χ1) is 11.8. The number of carbonyl (C=O) groups excluding carboxylic acids is 2. The van der Waals surface area contributed by atoms with Crippen LogP contribution in [0.25, 0.3) is 0 Å². The Hall–Kier alpha value is -2.33. The molecule has 5 heteroatoms. The van der Waals surface area contributed by atoms with E-state index in [-0.39, 0.29) is 24.8 Å². The minimum absolute atomic E-state index is 0.00393. The van der Waals surface area contributed by atoms with Crippen molar-refractivity contribution in [2.45, 2.75) is 27.2 Å². The summed E-state index contributed by atoms with van der Waals surface area (Å²) in [6, 6.07) is 11.3. The average molecular weight is 359 g/mol. The molecule has 2 aromatic carbocycles. The lowest BCUT2D eigenvalue weighted by Gasteiger charge is -2.19. The summed E-state index contributed by atoms with van der Waals surface area (Å²) in [4.78, 5) is 26.0. The first-order valence-electron chi connectivity index (χ1n) is 8.13. The van der Waals surface area contributed by atoms with Crippen molar-refractivity contribution in [1.82, 2.24) is 4.90 Å². The number of halogens is 1. The average Bonchev–Trinajstić information content (AvgIpc) is 2.53. The monoisotopic (exact) mass is 358 g/mol. The smallest absolute Gasteiger partial charge is 0.243 e. The highest BCUT2D eigenvalue weighted by Crippen LogP contribution is 2.22. The highest BCUT2D eigenvalue weighted by Gasteiger charge is 2.16. The van der Waals surface area contributed by atoms with E-state index in [1.807, 2.05) is 51.1 Å². The standard InChI is InChI=1S/C20H23ClN2O2/c1-13-9-14(2)20(15(3)10-13)22-18(24)12-23(4)19(25)11-16-7-5-6-8-17(16)21/h5-10H,11-12H2,1-4H3,(H,22,24). The number of nitrogens with one attached hydrogen (secondary N) is 1. The molecule has 0 bridgehead atoms. The zero-order valence-electron chi connectivity index (χ0n) is 15.0. The van der Waals surface area contributed by atoms with Crippen molar-refractivity contribution in [3.05, 3.63) is 63.7 Å². The van der Waals surface area contributed by atoms with Gasteiger partial charge in [0.2, 0.25) is 11.8 Å².